The molecule has 1 aromatic carbocycles. The van der Waals surface area contributed by atoms with Crippen molar-refractivity contribution in [2.45, 2.75) is 12.8 Å². The molecule has 0 spiro atoms. The van der Waals surface area contributed by atoms with Gasteiger partial charge in [0.25, 0.3) is 0 Å². The topological polar surface area (TPSA) is 46.5 Å². The highest BCUT2D eigenvalue weighted by atomic mass is 79.9. The molecule has 0 amide bonds. The fraction of sp³-hybridized carbons (Fsp3) is 0.300. The van der Waals surface area contributed by atoms with Crippen LogP contribution in [0.25, 0.3) is 0 Å². The first-order valence-electron chi connectivity index (χ1n) is 4.12. The van der Waals surface area contributed by atoms with Crippen molar-refractivity contribution in [2.24, 2.45) is 0 Å². The van der Waals surface area contributed by atoms with Crippen LogP contribution in [0.15, 0.2) is 22.7 Å². The standard InChI is InChI=1S/C10H11BrO3/c1-6(10(12)13)8-4-3-7(14-2)5-9(8)11/h3-6H,1-2H3,(H,12,13). The molecule has 0 saturated heterocycles. The summed E-state index contributed by atoms with van der Waals surface area (Å²) in [7, 11) is 1.57. The molecule has 1 aromatic rings. The molecule has 4 heteroatoms. The highest BCUT2D eigenvalue weighted by Crippen LogP contribution is 2.28. The molecule has 0 aromatic heterocycles. The van der Waals surface area contributed by atoms with Gasteiger partial charge < -0.3 is 9.84 Å². The Balaban J connectivity index is 3.05. The van der Waals surface area contributed by atoms with Crippen LogP contribution in [0.2, 0.25) is 0 Å². The third kappa shape index (κ3) is 2.26. The Morgan fingerprint density at radius 3 is 2.64 bits per heavy atom. The SMILES string of the molecule is COc1ccc(C(C)C(=O)O)c(Br)c1. The number of aliphatic carboxylic acids is 1. The van der Waals surface area contributed by atoms with Crippen molar-refractivity contribution in [3.05, 3.63) is 28.2 Å². The van der Waals surface area contributed by atoms with Crippen LogP contribution in [-0.2, 0) is 4.79 Å². The zero-order chi connectivity index (χ0) is 10.7. The van der Waals surface area contributed by atoms with Crippen LogP contribution in [0.4, 0.5) is 0 Å². The summed E-state index contributed by atoms with van der Waals surface area (Å²) in [5.74, 6) is -0.649. The van der Waals surface area contributed by atoms with Gasteiger partial charge in [0.1, 0.15) is 5.75 Å². The predicted molar refractivity (Wildman–Crippen MR) is 56.7 cm³/mol. The first-order valence-corrected chi connectivity index (χ1v) is 4.91. The fourth-order valence-corrected chi connectivity index (χ4v) is 1.82. The second kappa shape index (κ2) is 4.46. The maximum atomic E-state index is 10.8. The molecule has 0 fully saturated rings. The van der Waals surface area contributed by atoms with Crippen molar-refractivity contribution in [1.82, 2.24) is 0 Å². The Kier molecular flexibility index (Phi) is 3.52. The molecular formula is C10H11BrO3. The van der Waals surface area contributed by atoms with Crippen LogP contribution in [0.5, 0.6) is 5.75 Å². The minimum Gasteiger partial charge on any atom is -0.497 e. The third-order valence-electron chi connectivity index (χ3n) is 2.04. The van der Waals surface area contributed by atoms with E-state index in [1.54, 1.807) is 32.2 Å². The van der Waals surface area contributed by atoms with Crippen LogP contribution in [-0.4, -0.2) is 18.2 Å². The molecule has 0 bridgehead atoms. The van der Waals surface area contributed by atoms with Gasteiger partial charge in [0.2, 0.25) is 0 Å². The summed E-state index contributed by atoms with van der Waals surface area (Å²) in [6.45, 7) is 1.65. The second-order valence-electron chi connectivity index (χ2n) is 2.95. The van der Waals surface area contributed by atoms with Gasteiger partial charge in [0.05, 0.1) is 13.0 Å². The van der Waals surface area contributed by atoms with Crippen molar-refractivity contribution >= 4 is 21.9 Å². The first kappa shape index (κ1) is 11.0. The number of halogens is 1. The van der Waals surface area contributed by atoms with Crippen molar-refractivity contribution in [1.29, 1.82) is 0 Å². The van der Waals surface area contributed by atoms with Gasteiger partial charge in [0, 0.05) is 4.47 Å². The molecule has 0 radical (unpaired) electrons. The van der Waals surface area contributed by atoms with E-state index in [9.17, 15) is 4.79 Å². The molecule has 0 heterocycles. The Bertz CT molecular complexity index is 349. The van der Waals surface area contributed by atoms with E-state index in [1.807, 2.05) is 0 Å². The van der Waals surface area contributed by atoms with Crippen molar-refractivity contribution in [3.8, 4) is 5.75 Å². The minimum atomic E-state index is -0.837. The predicted octanol–water partition coefficient (Wildman–Crippen LogP) is 2.65. The second-order valence-corrected chi connectivity index (χ2v) is 3.80. The van der Waals surface area contributed by atoms with Crippen LogP contribution in [0.3, 0.4) is 0 Å². The number of carbonyl (C=O) groups is 1. The highest BCUT2D eigenvalue weighted by Gasteiger charge is 2.16. The summed E-state index contributed by atoms with van der Waals surface area (Å²) in [6, 6.07) is 5.26. The van der Waals surface area contributed by atoms with E-state index >= 15 is 0 Å². The van der Waals surface area contributed by atoms with Crippen LogP contribution in [0, 0.1) is 0 Å². The van der Waals surface area contributed by atoms with Crippen LogP contribution < -0.4 is 4.74 Å². The molecule has 0 saturated carbocycles. The highest BCUT2D eigenvalue weighted by molar-refractivity contribution is 9.10. The number of benzene rings is 1. The lowest BCUT2D eigenvalue weighted by Gasteiger charge is -2.10. The maximum Gasteiger partial charge on any atom is 0.310 e. The van der Waals surface area contributed by atoms with E-state index in [0.717, 1.165) is 10.0 Å². The molecule has 0 aliphatic rings. The Labute approximate surface area is 90.8 Å². The molecule has 14 heavy (non-hydrogen) atoms. The van der Waals surface area contributed by atoms with E-state index < -0.39 is 11.9 Å². The summed E-state index contributed by atoms with van der Waals surface area (Å²) < 4.78 is 5.77. The average molecular weight is 259 g/mol. The largest absolute Gasteiger partial charge is 0.497 e. The Hall–Kier alpha value is -1.03. The minimum absolute atomic E-state index is 0.518. The van der Waals surface area contributed by atoms with Gasteiger partial charge >= 0.3 is 5.97 Å². The zero-order valence-electron chi connectivity index (χ0n) is 7.95. The lowest BCUT2D eigenvalue weighted by atomic mass is 10.0. The lowest BCUT2D eigenvalue weighted by Crippen LogP contribution is -2.07. The summed E-state index contributed by atoms with van der Waals surface area (Å²) >= 11 is 3.31. The van der Waals surface area contributed by atoms with Crippen molar-refractivity contribution in [2.75, 3.05) is 7.11 Å². The van der Waals surface area contributed by atoms with Gasteiger partial charge in [-0.2, -0.15) is 0 Å². The number of hydrogen-bond donors (Lipinski definition) is 1. The van der Waals surface area contributed by atoms with Crippen molar-refractivity contribution in [3.63, 3.8) is 0 Å². The van der Waals surface area contributed by atoms with Crippen LogP contribution in [0.1, 0.15) is 18.4 Å². The summed E-state index contributed by atoms with van der Waals surface area (Å²) in [5.41, 5.74) is 0.748. The lowest BCUT2D eigenvalue weighted by molar-refractivity contribution is -0.138. The maximum absolute atomic E-state index is 10.8. The summed E-state index contributed by atoms with van der Waals surface area (Å²) in [6.07, 6.45) is 0. The van der Waals surface area contributed by atoms with E-state index in [4.69, 9.17) is 9.84 Å². The van der Waals surface area contributed by atoms with Gasteiger partial charge in [-0.05, 0) is 24.6 Å². The molecule has 1 N–H and O–H groups in total. The summed E-state index contributed by atoms with van der Waals surface area (Å²) in [4.78, 5) is 10.8. The van der Waals surface area contributed by atoms with Gasteiger partial charge in [0.15, 0.2) is 0 Å². The number of ether oxygens (including phenoxy) is 1. The van der Waals surface area contributed by atoms with Gasteiger partial charge in [-0.15, -0.1) is 0 Å². The monoisotopic (exact) mass is 258 g/mol. The zero-order valence-corrected chi connectivity index (χ0v) is 9.54. The van der Waals surface area contributed by atoms with E-state index in [-0.39, 0.29) is 0 Å². The quantitative estimate of drug-likeness (QED) is 0.907. The number of hydrogen-bond acceptors (Lipinski definition) is 2. The number of methoxy groups -OCH3 is 1. The van der Waals surface area contributed by atoms with Gasteiger partial charge in [-0.3, -0.25) is 4.79 Å². The number of rotatable bonds is 3. The third-order valence-corrected chi connectivity index (χ3v) is 2.73. The number of carboxylic acid groups (broad SMARTS) is 1. The summed E-state index contributed by atoms with van der Waals surface area (Å²) in [5, 5.41) is 8.83. The van der Waals surface area contributed by atoms with E-state index in [1.165, 1.54) is 0 Å². The molecule has 3 nitrogen and oxygen atoms in total. The van der Waals surface area contributed by atoms with Gasteiger partial charge in [-0.25, -0.2) is 0 Å². The average Bonchev–Trinajstić information content (AvgIpc) is 2.16. The molecule has 76 valence electrons. The molecule has 1 rings (SSSR count). The first-order chi connectivity index (χ1) is 6.56. The van der Waals surface area contributed by atoms with Crippen molar-refractivity contribution < 1.29 is 14.6 Å². The Morgan fingerprint density at radius 1 is 1.57 bits per heavy atom. The smallest absolute Gasteiger partial charge is 0.310 e. The van der Waals surface area contributed by atoms with E-state index in [2.05, 4.69) is 15.9 Å². The fourth-order valence-electron chi connectivity index (χ4n) is 1.12. The Morgan fingerprint density at radius 2 is 2.21 bits per heavy atom. The molecule has 0 aliphatic heterocycles. The molecule has 1 atom stereocenters. The van der Waals surface area contributed by atoms with Gasteiger partial charge in [-0.1, -0.05) is 22.0 Å². The normalized spacial score (nSPS) is 12.2. The molecule has 1 unspecified atom stereocenters. The van der Waals surface area contributed by atoms with Crippen LogP contribution >= 0.6 is 15.9 Å². The molecular weight excluding hydrogens is 248 g/mol. The number of carboxylic acids is 1. The molecule has 0 aliphatic carbocycles. The van der Waals surface area contributed by atoms with E-state index in [0.29, 0.717) is 5.75 Å².